The molecule has 30 heavy (non-hydrogen) atoms. The number of aryl methyl sites for hydroxylation is 1. The normalized spacial score (nSPS) is 11.1. The molecular weight excluding hydrogens is 380 g/mol. The maximum atomic E-state index is 5.86. The predicted octanol–water partition coefficient (Wildman–Crippen LogP) is 5.08. The highest BCUT2D eigenvalue weighted by molar-refractivity contribution is 5.91. The number of hydrogen-bond donors (Lipinski definition) is 0. The molecule has 0 aliphatic rings. The first-order valence-electron chi connectivity index (χ1n) is 9.66. The molecule has 7 nitrogen and oxygen atoms in total. The molecule has 0 fully saturated rings. The largest absolute Gasteiger partial charge is 0.484 e. The number of benzene rings is 2. The average molecular weight is 398 g/mol. The van der Waals surface area contributed by atoms with Gasteiger partial charge in [-0.25, -0.2) is 4.98 Å². The molecule has 0 N–H and O–H groups in total. The van der Waals surface area contributed by atoms with Gasteiger partial charge in [0.1, 0.15) is 11.4 Å². The van der Waals surface area contributed by atoms with Crippen LogP contribution in [0.2, 0.25) is 0 Å². The van der Waals surface area contributed by atoms with Crippen LogP contribution in [-0.2, 0) is 13.0 Å². The third-order valence-electron chi connectivity index (χ3n) is 4.80. The second-order valence-corrected chi connectivity index (χ2v) is 6.72. The molecule has 3 heterocycles. The van der Waals surface area contributed by atoms with Crippen molar-refractivity contribution in [3.05, 3.63) is 78.3 Å². The summed E-state index contributed by atoms with van der Waals surface area (Å²) >= 11 is 0. The first-order chi connectivity index (χ1) is 14.8. The lowest BCUT2D eigenvalue weighted by Crippen LogP contribution is -1.98. The van der Waals surface area contributed by atoms with Gasteiger partial charge >= 0.3 is 0 Å². The van der Waals surface area contributed by atoms with Crippen LogP contribution in [0.1, 0.15) is 18.4 Å². The zero-order valence-corrected chi connectivity index (χ0v) is 16.3. The molecule has 0 aliphatic heterocycles. The van der Waals surface area contributed by atoms with Crippen molar-refractivity contribution in [2.24, 2.45) is 0 Å². The second-order valence-electron chi connectivity index (χ2n) is 6.72. The third-order valence-corrected chi connectivity index (χ3v) is 4.80. The summed E-state index contributed by atoms with van der Waals surface area (Å²) in [4.78, 5) is 4.34. The molecule has 0 radical (unpaired) electrons. The summed E-state index contributed by atoms with van der Waals surface area (Å²) in [7, 11) is 0. The molecule has 3 aromatic heterocycles. The van der Waals surface area contributed by atoms with E-state index in [0.29, 0.717) is 23.1 Å². The monoisotopic (exact) mass is 398 g/mol. The summed E-state index contributed by atoms with van der Waals surface area (Å²) in [5.41, 5.74) is 3.95. The third kappa shape index (κ3) is 3.41. The van der Waals surface area contributed by atoms with Gasteiger partial charge < -0.3 is 13.7 Å². The number of hydrogen-bond acceptors (Lipinski definition) is 7. The van der Waals surface area contributed by atoms with Gasteiger partial charge in [0.15, 0.2) is 6.61 Å². The van der Waals surface area contributed by atoms with Gasteiger partial charge in [0.05, 0.1) is 10.9 Å². The number of aromatic nitrogens is 4. The number of ether oxygens (including phenoxy) is 1. The lowest BCUT2D eigenvalue weighted by Gasteiger charge is -2.07. The van der Waals surface area contributed by atoms with Crippen LogP contribution in [-0.4, -0.2) is 20.3 Å². The van der Waals surface area contributed by atoms with Crippen molar-refractivity contribution in [3.8, 4) is 28.5 Å². The molecule has 0 saturated carbocycles. The Hall–Kier alpha value is -4.00. The Bertz CT molecular complexity index is 1290. The van der Waals surface area contributed by atoms with Crippen LogP contribution >= 0.6 is 0 Å². The smallest absolute Gasteiger partial charge is 0.258 e. The van der Waals surface area contributed by atoms with E-state index in [9.17, 15) is 0 Å². The van der Waals surface area contributed by atoms with Crippen molar-refractivity contribution < 1.29 is 13.7 Å². The molecule has 0 saturated heterocycles. The van der Waals surface area contributed by atoms with Crippen LogP contribution in [0.4, 0.5) is 0 Å². The van der Waals surface area contributed by atoms with Gasteiger partial charge in [0.2, 0.25) is 5.89 Å². The summed E-state index contributed by atoms with van der Waals surface area (Å²) in [6.07, 6.45) is 2.52. The van der Waals surface area contributed by atoms with Gasteiger partial charge in [-0.05, 0) is 24.1 Å². The van der Waals surface area contributed by atoms with E-state index in [-0.39, 0.29) is 6.61 Å². The van der Waals surface area contributed by atoms with Crippen LogP contribution < -0.4 is 4.74 Å². The Labute approximate surface area is 172 Å². The number of nitrogens with zero attached hydrogens (tertiary/aromatic N) is 4. The summed E-state index contributed by atoms with van der Waals surface area (Å²) in [6.45, 7) is 2.28. The first kappa shape index (κ1) is 18.1. The quantitative estimate of drug-likeness (QED) is 0.394. The number of para-hydroxylation sites is 1. The van der Waals surface area contributed by atoms with Crippen LogP contribution in [0, 0.1) is 0 Å². The molecular formula is C23H18N4O3. The predicted molar refractivity (Wildman–Crippen MR) is 111 cm³/mol. The number of pyridine rings is 1. The van der Waals surface area contributed by atoms with E-state index in [1.165, 1.54) is 0 Å². The molecule has 0 bridgehead atoms. The Kier molecular flexibility index (Phi) is 4.69. The summed E-state index contributed by atoms with van der Waals surface area (Å²) in [6, 6.07) is 19.6. The molecule has 0 unspecified atom stereocenters. The standard InChI is InChI=1S/C23H18N4O3/c1-2-15-8-6-7-11-19(15)28-14-20-25-26-22(29-20)17-12-18-21(16-9-4-3-5-10-16)27-30-23(18)24-13-17/h3-13H,2,14H2,1H3. The van der Waals surface area contributed by atoms with Crippen molar-refractivity contribution in [1.82, 2.24) is 20.3 Å². The first-order valence-corrected chi connectivity index (χ1v) is 9.66. The molecule has 7 heteroatoms. The minimum Gasteiger partial charge on any atom is -0.484 e. The van der Waals surface area contributed by atoms with Crippen LogP contribution in [0.3, 0.4) is 0 Å². The van der Waals surface area contributed by atoms with Crippen LogP contribution in [0.25, 0.3) is 33.8 Å². The van der Waals surface area contributed by atoms with E-state index in [1.54, 1.807) is 6.20 Å². The molecule has 5 aromatic rings. The highest BCUT2D eigenvalue weighted by atomic mass is 16.5. The zero-order chi connectivity index (χ0) is 20.3. The lowest BCUT2D eigenvalue weighted by atomic mass is 10.1. The van der Waals surface area contributed by atoms with Crippen LogP contribution in [0.15, 0.2) is 75.8 Å². The van der Waals surface area contributed by atoms with Gasteiger partial charge in [-0.3, -0.25) is 0 Å². The van der Waals surface area contributed by atoms with Crippen molar-refractivity contribution in [2.75, 3.05) is 0 Å². The SMILES string of the molecule is CCc1ccccc1OCc1nnc(-c2cnc3onc(-c4ccccc4)c3c2)o1. The highest BCUT2D eigenvalue weighted by Gasteiger charge is 2.16. The van der Waals surface area contributed by atoms with Crippen molar-refractivity contribution in [2.45, 2.75) is 20.0 Å². The summed E-state index contributed by atoms with van der Waals surface area (Å²) in [5, 5.41) is 13.2. The van der Waals surface area contributed by atoms with E-state index in [4.69, 9.17) is 13.7 Å². The van der Waals surface area contributed by atoms with Gasteiger partial charge in [-0.2, -0.15) is 0 Å². The van der Waals surface area contributed by atoms with Gasteiger partial charge in [0, 0.05) is 11.8 Å². The van der Waals surface area contributed by atoms with E-state index in [1.807, 2.05) is 60.7 Å². The van der Waals surface area contributed by atoms with Gasteiger partial charge in [-0.1, -0.05) is 60.6 Å². The second kappa shape index (κ2) is 7.79. The fourth-order valence-electron chi connectivity index (χ4n) is 3.26. The maximum Gasteiger partial charge on any atom is 0.258 e. The van der Waals surface area contributed by atoms with E-state index >= 15 is 0 Å². The minimum atomic E-state index is 0.197. The Morgan fingerprint density at radius 3 is 2.63 bits per heavy atom. The van der Waals surface area contributed by atoms with Crippen LogP contribution in [0.5, 0.6) is 5.75 Å². The van der Waals surface area contributed by atoms with Gasteiger partial charge in [0.25, 0.3) is 11.6 Å². The fourth-order valence-corrected chi connectivity index (χ4v) is 3.26. The van der Waals surface area contributed by atoms with Crippen molar-refractivity contribution >= 4 is 11.1 Å². The Morgan fingerprint density at radius 2 is 1.77 bits per heavy atom. The Balaban J connectivity index is 1.40. The zero-order valence-electron chi connectivity index (χ0n) is 16.3. The molecule has 2 aromatic carbocycles. The molecule has 0 amide bonds. The van der Waals surface area contributed by atoms with E-state index in [2.05, 4.69) is 27.3 Å². The molecule has 0 spiro atoms. The molecule has 0 aliphatic carbocycles. The summed E-state index contributed by atoms with van der Waals surface area (Å²) in [5.74, 6) is 1.58. The highest BCUT2D eigenvalue weighted by Crippen LogP contribution is 2.30. The minimum absolute atomic E-state index is 0.197. The maximum absolute atomic E-state index is 5.86. The topological polar surface area (TPSA) is 87.1 Å². The van der Waals surface area contributed by atoms with Crippen molar-refractivity contribution in [1.29, 1.82) is 0 Å². The summed E-state index contributed by atoms with van der Waals surface area (Å²) < 4.78 is 17.0. The molecule has 0 atom stereocenters. The average Bonchev–Trinajstić information content (AvgIpc) is 3.45. The van der Waals surface area contributed by atoms with E-state index in [0.717, 1.165) is 34.4 Å². The Morgan fingerprint density at radius 1 is 0.933 bits per heavy atom. The molecule has 5 rings (SSSR count). The lowest BCUT2D eigenvalue weighted by molar-refractivity contribution is 0.262. The molecule has 148 valence electrons. The number of fused-ring (bicyclic) bond motifs is 1. The van der Waals surface area contributed by atoms with Gasteiger partial charge in [-0.15, -0.1) is 10.2 Å². The van der Waals surface area contributed by atoms with E-state index < -0.39 is 0 Å². The van der Waals surface area contributed by atoms with Crippen molar-refractivity contribution in [3.63, 3.8) is 0 Å². The number of rotatable bonds is 6. The fraction of sp³-hybridized carbons (Fsp3) is 0.130.